The van der Waals surface area contributed by atoms with E-state index in [1.807, 2.05) is 26.0 Å². The number of nitrogens with zero attached hydrogens (tertiary/aromatic N) is 3. The van der Waals surface area contributed by atoms with Crippen molar-refractivity contribution in [2.24, 2.45) is 0 Å². The fourth-order valence-electron chi connectivity index (χ4n) is 5.55. The predicted molar refractivity (Wildman–Crippen MR) is 143 cm³/mol. The van der Waals surface area contributed by atoms with Crippen LogP contribution >= 0.6 is 0 Å². The molecule has 0 aliphatic carbocycles. The van der Waals surface area contributed by atoms with Crippen LogP contribution in [0, 0.1) is 20.8 Å². The molecule has 0 saturated carbocycles. The highest BCUT2D eigenvalue weighted by Gasteiger charge is 2.41. The zero-order valence-corrected chi connectivity index (χ0v) is 22.2. The smallest absolute Gasteiger partial charge is 0.219 e. The van der Waals surface area contributed by atoms with Crippen LogP contribution in [-0.2, 0) is 4.79 Å². The fraction of sp³-hybridized carbons (Fsp3) is 0.552. The van der Waals surface area contributed by atoms with Crippen LogP contribution < -0.4 is 9.64 Å². The molecule has 4 rings (SSSR count). The van der Waals surface area contributed by atoms with Gasteiger partial charge in [-0.25, -0.2) is 0 Å². The first-order valence-electron chi connectivity index (χ1n) is 13.0. The second-order valence-corrected chi connectivity index (χ2v) is 11.0. The molecule has 2 aliphatic rings. The van der Waals surface area contributed by atoms with Gasteiger partial charge in [0.2, 0.25) is 5.91 Å². The molecule has 0 bridgehead atoms. The lowest BCUT2D eigenvalue weighted by atomic mass is 9.90. The number of carbonyl (C=O) groups excluding carboxylic acids is 1. The van der Waals surface area contributed by atoms with Crippen LogP contribution in [0.5, 0.6) is 5.75 Å². The number of carbonyl (C=O) groups is 1. The maximum absolute atomic E-state index is 12.3. The largest absolute Gasteiger partial charge is 0.490 e. The lowest BCUT2D eigenvalue weighted by Gasteiger charge is -2.42. The highest BCUT2D eigenvalue weighted by atomic mass is 16.5. The van der Waals surface area contributed by atoms with E-state index in [1.54, 1.807) is 4.90 Å². The lowest BCUT2D eigenvalue weighted by molar-refractivity contribution is -0.132. The number of aliphatic hydroxyl groups is 2. The van der Waals surface area contributed by atoms with Crippen molar-refractivity contribution in [1.29, 1.82) is 0 Å². The van der Waals surface area contributed by atoms with E-state index in [1.165, 1.54) is 18.2 Å². The zero-order chi connectivity index (χ0) is 25.9. The summed E-state index contributed by atoms with van der Waals surface area (Å²) >= 11 is 0. The van der Waals surface area contributed by atoms with Gasteiger partial charge in [-0.1, -0.05) is 18.2 Å². The van der Waals surface area contributed by atoms with E-state index in [0.29, 0.717) is 44.8 Å². The highest BCUT2D eigenvalue weighted by Crippen LogP contribution is 2.29. The average Bonchev–Trinajstić information content (AvgIpc) is 2.96. The molecule has 0 radical (unpaired) electrons. The molecular formula is C29H41N3O4. The molecule has 196 valence electrons. The van der Waals surface area contributed by atoms with Crippen molar-refractivity contribution in [2.45, 2.75) is 51.7 Å². The van der Waals surface area contributed by atoms with E-state index in [-0.39, 0.29) is 19.1 Å². The minimum atomic E-state index is -1.24. The summed E-state index contributed by atoms with van der Waals surface area (Å²) in [5, 5.41) is 23.1. The summed E-state index contributed by atoms with van der Waals surface area (Å²) in [6.45, 7) is 11.5. The monoisotopic (exact) mass is 495 g/mol. The molecule has 2 saturated heterocycles. The standard InChI is InChI=1S/C29H41N3O4/c1-22-6-5-7-26(15-22)31-10-8-28(34,9-11-31)18-30-12-13-32(25(4)33)20-29(35,19-30)21-36-27-16-23(2)14-24(3)17-27/h5-7,14-17,34-35H,8-13,18-21H2,1-4H3/t29-/m1/s1. The molecule has 2 aliphatic heterocycles. The number of β-amino-alcohol motifs (C(OH)–C–C–N with tert-alkyl or cyclic N) is 2. The van der Waals surface area contributed by atoms with E-state index in [4.69, 9.17) is 4.74 Å². The van der Waals surface area contributed by atoms with Gasteiger partial charge in [-0.05, 0) is 74.6 Å². The van der Waals surface area contributed by atoms with Gasteiger partial charge in [-0.15, -0.1) is 0 Å². The third kappa shape index (κ3) is 6.78. The van der Waals surface area contributed by atoms with Crippen LogP contribution in [0.15, 0.2) is 42.5 Å². The van der Waals surface area contributed by atoms with Crippen molar-refractivity contribution in [1.82, 2.24) is 9.80 Å². The Kier molecular flexibility index (Phi) is 7.93. The number of ether oxygens (including phenoxy) is 1. The third-order valence-corrected chi connectivity index (χ3v) is 7.42. The second-order valence-electron chi connectivity index (χ2n) is 11.0. The van der Waals surface area contributed by atoms with E-state index in [0.717, 1.165) is 24.2 Å². The molecule has 0 aromatic heterocycles. The van der Waals surface area contributed by atoms with Gasteiger partial charge in [0.15, 0.2) is 0 Å². The topological polar surface area (TPSA) is 76.5 Å². The SMILES string of the molecule is CC(=O)N1CCN(CC2(O)CCN(c3cccc(C)c3)CC2)C[C@](O)(COc2cc(C)cc(C)c2)C1. The van der Waals surface area contributed by atoms with Crippen LogP contribution in [0.4, 0.5) is 5.69 Å². The number of amides is 1. The third-order valence-electron chi connectivity index (χ3n) is 7.42. The molecular weight excluding hydrogens is 454 g/mol. The highest BCUT2D eigenvalue weighted by molar-refractivity contribution is 5.73. The quantitative estimate of drug-likeness (QED) is 0.642. The van der Waals surface area contributed by atoms with Crippen molar-refractivity contribution in [3.63, 3.8) is 0 Å². The first-order valence-corrected chi connectivity index (χ1v) is 13.0. The van der Waals surface area contributed by atoms with Gasteiger partial charge in [-0.3, -0.25) is 9.69 Å². The first-order chi connectivity index (χ1) is 17.0. The molecule has 1 atom stereocenters. The Morgan fingerprint density at radius 1 is 0.889 bits per heavy atom. The molecule has 1 amide bonds. The predicted octanol–water partition coefficient (Wildman–Crippen LogP) is 2.92. The van der Waals surface area contributed by atoms with Crippen LogP contribution in [-0.4, -0.2) is 89.5 Å². The minimum absolute atomic E-state index is 0.0631. The Balaban J connectivity index is 1.42. The van der Waals surface area contributed by atoms with Gasteiger partial charge < -0.3 is 24.7 Å². The molecule has 2 fully saturated rings. The minimum Gasteiger partial charge on any atom is -0.490 e. The van der Waals surface area contributed by atoms with Crippen molar-refractivity contribution >= 4 is 11.6 Å². The summed E-state index contributed by atoms with van der Waals surface area (Å²) in [5.74, 6) is 0.653. The van der Waals surface area contributed by atoms with Gasteiger partial charge in [0.1, 0.15) is 18.0 Å². The molecule has 36 heavy (non-hydrogen) atoms. The zero-order valence-electron chi connectivity index (χ0n) is 22.2. The Labute approximate surface area is 215 Å². The summed E-state index contributed by atoms with van der Waals surface area (Å²) in [6.07, 6.45) is 1.32. The average molecular weight is 496 g/mol. The molecule has 0 spiro atoms. The van der Waals surface area contributed by atoms with Gasteiger partial charge in [-0.2, -0.15) is 0 Å². The molecule has 2 aromatic rings. The first kappa shape index (κ1) is 26.5. The van der Waals surface area contributed by atoms with E-state index in [2.05, 4.69) is 47.1 Å². The van der Waals surface area contributed by atoms with Crippen LogP contribution in [0.1, 0.15) is 36.5 Å². The Hall–Kier alpha value is -2.61. The number of anilines is 1. The van der Waals surface area contributed by atoms with Crippen LogP contribution in [0.2, 0.25) is 0 Å². The van der Waals surface area contributed by atoms with Crippen LogP contribution in [0.3, 0.4) is 0 Å². The molecule has 2 aromatic carbocycles. The molecule has 2 heterocycles. The number of hydrogen-bond acceptors (Lipinski definition) is 6. The van der Waals surface area contributed by atoms with Crippen molar-refractivity contribution in [3.05, 3.63) is 59.2 Å². The molecule has 2 N–H and O–H groups in total. The summed E-state index contributed by atoms with van der Waals surface area (Å²) in [4.78, 5) is 18.4. The van der Waals surface area contributed by atoms with Gasteiger partial charge in [0.05, 0.1) is 12.1 Å². The summed E-state index contributed by atoms with van der Waals surface area (Å²) < 4.78 is 6.05. The van der Waals surface area contributed by atoms with Crippen molar-refractivity contribution in [3.8, 4) is 5.75 Å². The molecule has 0 unspecified atom stereocenters. The maximum Gasteiger partial charge on any atom is 0.219 e. The van der Waals surface area contributed by atoms with E-state index in [9.17, 15) is 15.0 Å². The number of hydrogen-bond donors (Lipinski definition) is 2. The number of aryl methyl sites for hydroxylation is 3. The summed E-state index contributed by atoms with van der Waals surface area (Å²) in [6, 6.07) is 14.5. The normalized spacial score (nSPS) is 22.8. The van der Waals surface area contributed by atoms with Gasteiger partial charge in [0, 0.05) is 51.9 Å². The Morgan fingerprint density at radius 2 is 1.58 bits per heavy atom. The molecule has 7 heteroatoms. The van der Waals surface area contributed by atoms with Gasteiger partial charge >= 0.3 is 0 Å². The fourth-order valence-corrected chi connectivity index (χ4v) is 5.55. The maximum atomic E-state index is 12.3. The number of benzene rings is 2. The second kappa shape index (κ2) is 10.8. The number of rotatable bonds is 6. The number of piperidine rings is 1. The van der Waals surface area contributed by atoms with Crippen molar-refractivity contribution in [2.75, 3.05) is 57.3 Å². The van der Waals surface area contributed by atoms with Crippen LogP contribution in [0.25, 0.3) is 0 Å². The summed E-state index contributed by atoms with van der Waals surface area (Å²) in [7, 11) is 0. The van der Waals surface area contributed by atoms with Gasteiger partial charge in [0.25, 0.3) is 0 Å². The van der Waals surface area contributed by atoms with Crippen molar-refractivity contribution < 1.29 is 19.7 Å². The Morgan fingerprint density at radius 3 is 2.22 bits per heavy atom. The summed E-state index contributed by atoms with van der Waals surface area (Å²) in [5.41, 5.74) is 2.56. The molecule has 7 nitrogen and oxygen atoms in total. The van der Waals surface area contributed by atoms with E-state index < -0.39 is 11.2 Å². The lowest BCUT2D eigenvalue weighted by Crippen LogP contribution is -2.55. The Bertz CT molecular complexity index is 1050. The van der Waals surface area contributed by atoms with E-state index >= 15 is 0 Å².